The number of carboxylic acids is 1. The lowest BCUT2D eigenvalue weighted by atomic mass is 10.1. The zero-order chi connectivity index (χ0) is 94.1. The molecule has 0 radical (unpaired) electrons. The summed E-state index contributed by atoms with van der Waals surface area (Å²) in [5.41, 5.74) is -0.786. The average molecular weight is 1730 g/mol. The van der Waals surface area contributed by atoms with Crippen molar-refractivity contribution in [2.45, 2.75) is 405 Å². The van der Waals surface area contributed by atoms with Crippen LogP contribution >= 0.6 is 0 Å². The van der Waals surface area contributed by atoms with Gasteiger partial charge in [-0.3, -0.25) is 38.1 Å². The van der Waals surface area contributed by atoms with Gasteiger partial charge in [0.05, 0.1) is 0 Å². The molecule has 6 atom stereocenters. The molecule has 694 valence electrons. The van der Waals surface area contributed by atoms with Gasteiger partial charge in [-0.15, -0.1) is 0 Å². The Morgan fingerprint density at radius 3 is 0.835 bits per heavy atom. The van der Waals surface area contributed by atoms with Crippen LogP contribution in [0.3, 0.4) is 0 Å². The van der Waals surface area contributed by atoms with Crippen LogP contribution in [0.25, 0.3) is 0 Å². The van der Waals surface area contributed by atoms with Gasteiger partial charge in [-0.25, -0.2) is 43.3 Å². The Hall–Kier alpha value is -9.96. The number of amides is 5. The maximum absolute atomic E-state index is 13.0. The van der Waals surface area contributed by atoms with Crippen LogP contribution < -0.4 is 32.3 Å². The number of rotatable bonds is 31. The van der Waals surface area contributed by atoms with Crippen molar-refractivity contribution < 1.29 is 129 Å². The molecule has 1 aromatic heterocycles. The summed E-state index contributed by atoms with van der Waals surface area (Å²) in [6.45, 7) is 55.4. The van der Waals surface area contributed by atoms with Crippen LogP contribution in [0.5, 0.6) is 0 Å². The molecule has 0 saturated heterocycles. The number of hydrogen-bond donors (Lipinski definition) is 7. The molecule has 2 rings (SSSR count). The van der Waals surface area contributed by atoms with Crippen LogP contribution in [0, 0.1) is 0 Å². The lowest BCUT2D eigenvalue weighted by molar-refractivity contribution is -0.160. The molecule has 0 saturated carbocycles. The molecule has 8 N–H and O–H groups in total. The van der Waals surface area contributed by atoms with Gasteiger partial charge in [0, 0.05) is 50.9 Å². The van der Waals surface area contributed by atoms with Crippen molar-refractivity contribution in [3.63, 3.8) is 0 Å². The standard InChI is InChI=1S/C30H46N2O9.C23H40N2O9.C17H27N3O5.C13H25NO4.C2H6.CH4/c1-28(2,3)39-24(34)18-16-22(26(36)41-30(7,8)9)32-27(37)31-21(25(35)40-29(4,5)6)15-17-23(33)38-19-20-13-11-10-12-14-20;1-21(2,3)32-17(28)13-11-15(19(30)34-23(7,8)9)25-20(31)24-14(10-12-16(26)27)18(29)33-22(4,5)6;1-16(2,3)24-13(21)8-7-12(14(22)25-17(4,5)6)19-15(23)20-10-9-18-11-20;1-12(2,3)17-10(15)8-7-9(14)11(16)18-13(4,5)6;1-2;/h10-14,21-22H,15-19H2,1-9H3,(H2,31,32,37);14-15H,10-13H2,1-9H3,(H,26,27)(H2,24,25,31);9-12H,7-8H2,1-6H3,(H,19,23);9H,7-8,14H2,1-6H3;1-2H3;1H4/t21-,22-;14-,15-;12-;9-;;/m0000../s1. The van der Waals surface area contributed by atoms with Crippen LogP contribution in [-0.4, -0.2) is 197 Å². The highest BCUT2D eigenvalue weighted by atomic mass is 16.6. The maximum Gasteiger partial charge on any atom is 0.329 e. The molecule has 35 heteroatoms. The summed E-state index contributed by atoms with van der Waals surface area (Å²) in [6, 6.07) is 0.115. The second-order valence-electron chi connectivity index (χ2n) is 37.3. The van der Waals surface area contributed by atoms with E-state index in [1.807, 2.05) is 44.2 Å². The van der Waals surface area contributed by atoms with Gasteiger partial charge in [0.1, 0.15) is 105 Å². The van der Waals surface area contributed by atoms with Crippen molar-refractivity contribution >= 4 is 89.7 Å². The highest BCUT2D eigenvalue weighted by molar-refractivity contribution is 5.90. The smallest absolute Gasteiger partial charge is 0.329 e. The molecule has 0 spiro atoms. The number of hydrogen-bond acceptors (Lipinski definition) is 28. The quantitative estimate of drug-likeness (QED) is 0.0272. The SMILES string of the molecule is C.CC.CC(C)(C)OC(=O)CC[C@H](N)C(=O)OC(C)(C)C.CC(C)(C)OC(=O)CC[C@H](NC(=O)N[C@@H](CCC(=O)O)C(=O)OC(C)(C)C)C(=O)OC(C)(C)C.CC(C)(C)OC(=O)CC[C@H](NC(=O)N[C@@H](CCC(=O)OCc1ccccc1)C(=O)OC(C)(C)C)C(=O)OC(C)(C)C.CC(C)(C)OC(=O)CC[C@H](NC(=O)n1ccnc1)C(=O)OC(C)(C)C. The summed E-state index contributed by atoms with van der Waals surface area (Å²) in [4.78, 5) is 187. The summed E-state index contributed by atoms with van der Waals surface area (Å²) in [5, 5.41) is 21.2. The number of aromatic nitrogens is 2. The van der Waals surface area contributed by atoms with E-state index >= 15 is 0 Å². The topological polar surface area (TPSA) is 482 Å². The van der Waals surface area contributed by atoms with Gasteiger partial charge < -0.3 is 89.5 Å². The summed E-state index contributed by atoms with van der Waals surface area (Å²) >= 11 is 0. The molecular weight excluding hydrogens is 1580 g/mol. The first-order valence-electron chi connectivity index (χ1n) is 40.0. The minimum Gasteiger partial charge on any atom is -0.481 e. The normalized spacial score (nSPS) is 13.2. The monoisotopic (exact) mass is 1730 g/mol. The molecule has 1 aromatic carbocycles. The molecule has 0 aliphatic carbocycles. The Balaban J connectivity index is -0.000000776. The molecule has 0 unspecified atom stereocenters. The Morgan fingerprint density at radius 1 is 0.347 bits per heavy atom. The van der Waals surface area contributed by atoms with Crippen molar-refractivity contribution in [2.24, 2.45) is 5.73 Å². The number of aliphatic carboxylic acids is 1. The number of urea groups is 2. The van der Waals surface area contributed by atoms with Crippen molar-refractivity contribution in [1.82, 2.24) is 36.1 Å². The molecule has 0 aliphatic heterocycles. The van der Waals surface area contributed by atoms with E-state index in [1.165, 1.54) is 23.3 Å². The predicted molar refractivity (Wildman–Crippen MR) is 452 cm³/mol. The molecule has 0 bridgehead atoms. The lowest BCUT2D eigenvalue weighted by Gasteiger charge is -2.27. The van der Waals surface area contributed by atoms with E-state index in [0.717, 1.165) is 5.56 Å². The van der Waals surface area contributed by atoms with E-state index in [4.69, 9.17) is 62.9 Å². The molecular formula is C86H148N8O27. The van der Waals surface area contributed by atoms with Crippen LogP contribution in [0.2, 0.25) is 0 Å². The Morgan fingerprint density at radius 2 is 0.587 bits per heavy atom. The number of carboxylic acid groups (broad SMARTS) is 1. The maximum atomic E-state index is 13.0. The van der Waals surface area contributed by atoms with Gasteiger partial charge in [-0.1, -0.05) is 51.6 Å². The molecule has 35 nitrogen and oxygen atoms in total. The fourth-order valence-corrected chi connectivity index (χ4v) is 8.89. The number of nitrogens with zero attached hydrogens (tertiary/aromatic N) is 2. The first kappa shape index (κ1) is 117. The third-order valence-corrected chi connectivity index (χ3v) is 13.2. The second-order valence-corrected chi connectivity index (χ2v) is 37.3. The highest BCUT2D eigenvalue weighted by Crippen LogP contribution is 2.21. The van der Waals surface area contributed by atoms with Gasteiger partial charge >= 0.3 is 89.7 Å². The number of esters is 11. The number of carbonyl (C=O) groups excluding carboxylic acids is 14. The summed E-state index contributed by atoms with van der Waals surface area (Å²) in [7, 11) is 0. The van der Waals surface area contributed by atoms with Gasteiger partial charge in [0.15, 0.2) is 0 Å². The largest absolute Gasteiger partial charge is 0.481 e. The molecule has 5 amide bonds. The lowest BCUT2D eigenvalue weighted by Crippen LogP contribution is -2.53. The van der Waals surface area contributed by atoms with E-state index in [-0.39, 0.29) is 90.6 Å². The van der Waals surface area contributed by atoms with Crippen molar-refractivity contribution in [2.75, 3.05) is 0 Å². The zero-order valence-corrected chi connectivity index (χ0v) is 77.3. The van der Waals surface area contributed by atoms with Gasteiger partial charge in [0.2, 0.25) is 0 Å². The van der Waals surface area contributed by atoms with E-state index < -0.39 is 182 Å². The number of nitrogens with one attached hydrogen (secondary N) is 5. The van der Waals surface area contributed by atoms with Gasteiger partial charge in [0.25, 0.3) is 0 Å². The summed E-state index contributed by atoms with van der Waals surface area (Å²) < 4.78 is 59.2. The number of ether oxygens (including phenoxy) is 11. The number of nitrogens with two attached hydrogens (primary N) is 1. The van der Waals surface area contributed by atoms with Crippen molar-refractivity contribution in [3.05, 3.63) is 54.6 Å². The third-order valence-electron chi connectivity index (χ3n) is 13.2. The predicted octanol–water partition coefficient (Wildman–Crippen LogP) is 12.8. The fraction of sp³-hybridized carbons (Fsp3) is 0.721. The first-order chi connectivity index (χ1) is 54.2. The summed E-state index contributed by atoms with van der Waals surface area (Å²) in [6.07, 6.45) is 3.18. The van der Waals surface area contributed by atoms with Gasteiger partial charge in [-0.2, -0.15) is 0 Å². The minimum absolute atomic E-state index is 0. The first-order valence-corrected chi connectivity index (χ1v) is 40.0. The Kier molecular flexibility index (Phi) is 51.5. The number of benzene rings is 1. The molecule has 1 heterocycles. The molecule has 0 aliphatic rings. The highest BCUT2D eigenvalue weighted by Gasteiger charge is 2.36. The average Bonchev–Trinajstić information content (AvgIpc) is 1.80. The van der Waals surface area contributed by atoms with E-state index in [0.29, 0.717) is 0 Å². The van der Waals surface area contributed by atoms with Crippen molar-refractivity contribution in [3.8, 4) is 0 Å². The summed E-state index contributed by atoms with van der Waals surface area (Å²) in [5.74, 6) is -7.83. The van der Waals surface area contributed by atoms with Crippen LogP contribution in [-0.2, 0) is 116 Å². The fourth-order valence-electron chi connectivity index (χ4n) is 8.89. The Bertz CT molecular complexity index is 3570. The van der Waals surface area contributed by atoms with E-state index in [2.05, 4.69) is 31.6 Å². The Labute approximate surface area is 717 Å². The molecule has 0 fully saturated rings. The van der Waals surface area contributed by atoms with Gasteiger partial charge in [-0.05, 0) is 252 Å². The second kappa shape index (κ2) is 53.1. The molecule has 2 aromatic rings. The van der Waals surface area contributed by atoms with Crippen LogP contribution in [0.4, 0.5) is 14.4 Å². The minimum atomic E-state index is -1.26. The number of imidazole rings is 1. The number of carbonyl (C=O) groups is 15. The van der Waals surface area contributed by atoms with Crippen molar-refractivity contribution in [1.29, 1.82) is 0 Å². The van der Waals surface area contributed by atoms with Crippen LogP contribution in [0.1, 0.15) is 312 Å². The zero-order valence-electron chi connectivity index (χ0n) is 77.3. The van der Waals surface area contributed by atoms with Crippen LogP contribution in [0.15, 0.2) is 49.1 Å². The van der Waals surface area contributed by atoms with E-state index in [9.17, 15) is 71.9 Å². The molecule has 121 heavy (non-hydrogen) atoms. The van der Waals surface area contributed by atoms with E-state index in [1.54, 1.807) is 208 Å². The third kappa shape index (κ3) is 67.4.